The molecule has 0 fully saturated rings. The van der Waals surface area contributed by atoms with Gasteiger partial charge in [0, 0.05) is 22.6 Å². The van der Waals surface area contributed by atoms with E-state index >= 15 is 0 Å². The molecule has 12 heteroatoms. The van der Waals surface area contributed by atoms with Gasteiger partial charge in [0.1, 0.15) is 12.6 Å². The Kier molecular flexibility index (Phi) is 12.0. The predicted octanol–water partition coefficient (Wildman–Crippen LogP) is 7.53. The standard InChI is InChI=1S/C30H33Cl4N3O4S/c1-5-20(4)35-30(39)28(6-2)36(17-21-9-12-26(33)27(34)13-21)29(38)18-37(24-15-22(31)14-23(32)16-24)42(40,41)25-10-7-19(3)8-11-25/h7-16,20,28H,5-6,17-18H2,1-4H3,(H,35,39)/t20-,28-/m1/s1. The molecule has 3 aromatic rings. The van der Waals surface area contributed by atoms with E-state index in [0.717, 1.165) is 9.87 Å². The van der Waals surface area contributed by atoms with Crippen molar-refractivity contribution in [2.75, 3.05) is 10.8 Å². The summed E-state index contributed by atoms with van der Waals surface area (Å²) in [7, 11) is -4.26. The largest absolute Gasteiger partial charge is 0.352 e. The van der Waals surface area contributed by atoms with Gasteiger partial charge in [-0.1, -0.05) is 84.0 Å². The van der Waals surface area contributed by atoms with Gasteiger partial charge in [-0.25, -0.2) is 8.42 Å². The Bertz CT molecular complexity index is 1510. The first-order valence-corrected chi connectivity index (χ1v) is 16.3. The summed E-state index contributed by atoms with van der Waals surface area (Å²) in [4.78, 5) is 28.9. The number of aryl methyl sites for hydroxylation is 1. The Hall–Kier alpha value is -2.49. The highest BCUT2D eigenvalue weighted by Crippen LogP contribution is 2.31. The van der Waals surface area contributed by atoms with E-state index in [0.29, 0.717) is 17.0 Å². The van der Waals surface area contributed by atoms with Crippen molar-refractivity contribution in [3.63, 3.8) is 0 Å². The van der Waals surface area contributed by atoms with Crippen molar-refractivity contribution in [1.29, 1.82) is 0 Å². The average molecular weight is 673 g/mol. The summed E-state index contributed by atoms with van der Waals surface area (Å²) < 4.78 is 28.9. The molecule has 0 saturated heterocycles. The molecule has 0 aromatic heterocycles. The van der Waals surface area contributed by atoms with E-state index in [1.165, 1.54) is 35.2 Å². The molecule has 0 aliphatic heterocycles. The smallest absolute Gasteiger partial charge is 0.264 e. The van der Waals surface area contributed by atoms with Gasteiger partial charge in [-0.15, -0.1) is 0 Å². The molecular formula is C30H33Cl4N3O4S. The molecule has 0 aliphatic carbocycles. The number of sulfonamides is 1. The molecule has 2 atom stereocenters. The van der Waals surface area contributed by atoms with Crippen molar-refractivity contribution in [2.24, 2.45) is 0 Å². The van der Waals surface area contributed by atoms with Crippen molar-refractivity contribution in [2.45, 2.75) is 64.1 Å². The van der Waals surface area contributed by atoms with Crippen molar-refractivity contribution in [3.05, 3.63) is 91.9 Å². The number of halogens is 4. The summed E-state index contributed by atoms with van der Waals surface area (Å²) in [5.41, 5.74) is 1.59. The van der Waals surface area contributed by atoms with Crippen molar-refractivity contribution < 1.29 is 18.0 Å². The monoisotopic (exact) mass is 671 g/mol. The van der Waals surface area contributed by atoms with Gasteiger partial charge in [-0.2, -0.15) is 0 Å². The first-order chi connectivity index (χ1) is 19.8. The van der Waals surface area contributed by atoms with Crippen LogP contribution in [0.1, 0.15) is 44.7 Å². The highest BCUT2D eigenvalue weighted by molar-refractivity contribution is 7.92. The normalized spacial score (nSPS) is 12.9. The van der Waals surface area contributed by atoms with Crippen LogP contribution in [0.5, 0.6) is 0 Å². The zero-order valence-electron chi connectivity index (χ0n) is 23.7. The van der Waals surface area contributed by atoms with Gasteiger partial charge in [0.15, 0.2) is 0 Å². The average Bonchev–Trinajstić information content (AvgIpc) is 2.92. The summed E-state index contributed by atoms with van der Waals surface area (Å²) >= 11 is 24.8. The summed E-state index contributed by atoms with van der Waals surface area (Å²) in [6.07, 6.45) is 0.976. The lowest BCUT2D eigenvalue weighted by Crippen LogP contribution is -2.53. The maximum Gasteiger partial charge on any atom is 0.264 e. The van der Waals surface area contributed by atoms with E-state index in [1.54, 1.807) is 37.3 Å². The molecule has 42 heavy (non-hydrogen) atoms. The lowest BCUT2D eigenvalue weighted by Gasteiger charge is -2.34. The molecule has 0 unspecified atom stereocenters. The zero-order chi connectivity index (χ0) is 31.2. The van der Waals surface area contributed by atoms with Gasteiger partial charge in [0.2, 0.25) is 11.8 Å². The quantitative estimate of drug-likeness (QED) is 0.216. The Balaban J connectivity index is 2.11. The second-order valence-electron chi connectivity index (χ2n) is 9.96. The number of rotatable bonds is 12. The molecule has 7 nitrogen and oxygen atoms in total. The van der Waals surface area contributed by atoms with Crippen LogP contribution in [-0.2, 0) is 26.2 Å². The predicted molar refractivity (Wildman–Crippen MR) is 171 cm³/mol. The van der Waals surface area contributed by atoms with Gasteiger partial charge in [0.05, 0.1) is 20.6 Å². The Labute approximate surface area is 267 Å². The van der Waals surface area contributed by atoms with E-state index in [2.05, 4.69) is 5.32 Å². The topological polar surface area (TPSA) is 86.8 Å². The van der Waals surface area contributed by atoms with Crippen LogP contribution in [0.3, 0.4) is 0 Å². The van der Waals surface area contributed by atoms with Crippen LogP contribution in [-0.4, -0.2) is 43.8 Å². The molecule has 2 amide bonds. The van der Waals surface area contributed by atoms with Crippen LogP contribution in [0, 0.1) is 6.92 Å². The SMILES string of the molecule is CC[C@@H](C)NC(=O)[C@@H](CC)N(Cc1ccc(Cl)c(Cl)c1)C(=O)CN(c1cc(Cl)cc(Cl)c1)S(=O)(=O)c1ccc(C)cc1. The summed E-state index contributed by atoms with van der Waals surface area (Å²) in [6.45, 7) is 6.79. The van der Waals surface area contributed by atoms with E-state index < -0.39 is 28.5 Å². The molecule has 226 valence electrons. The lowest BCUT2D eigenvalue weighted by atomic mass is 10.1. The zero-order valence-corrected chi connectivity index (χ0v) is 27.5. The van der Waals surface area contributed by atoms with Gasteiger partial charge in [0.25, 0.3) is 10.0 Å². The second kappa shape index (κ2) is 14.8. The van der Waals surface area contributed by atoms with Gasteiger partial charge < -0.3 is 10.2 Å². The molecular weight excluding hydrogens is 640 g/mol. The fourth-order valence-electron chi connectivity index (χ4n) is 4.24. The number of carbonyl (C=O) groups is 2. The summed E-state index contributed by atoms with van der Waals surface area (Å²) in [5.74, 6) is -0.960. The van der Waals surface area contributed by atoms with Crippen LogP contribution in [0.2, 0.25) is 20.1 Å². The molecule has 1 N–H and O–H groups in total. The van der Waals surface area contributed by atoms with Crippen molar-refractivity contribution >= 4 is 73.9 Å². The van der Waals surface area contributed by atoms with Crippen LogP contribution in [0.25, 0.3) is 0 Å². The van der Waals surface area contributed by atoms with Crippen LogP contribution >= 0.6 is 46.4 Å². The Morgan fingerprint density at radius 3 is 2.02 bits per heavy atom. The molecule has 3 rings (SSSR count). The number of nitrogens with zero attached hydrogens (tertiary/aromatic N) is 2. The van der Waals surface area contributed by atoms with Crippen LogP contribution in [0.4, 0.5) is 5.69 Å². The minimum Gasteiger partial charge on any atom is -0.352 e. The lowest BCUT2D eigenvalue weighted by molar-refractivity contribution is -0.140. The Morgan fingerprint density at radius 2 is 1.48 bits per heavy atom. The Morgan fingerprint density at radius 1 is 0.857 bits per heavy atom. The van der Waals surface area contributed by atoms with Crippen molar-refractivity contribution in [1.82, 2.24) is 10.2 Å². The summed E-state index contributed by atoms with van der Waals surface area (Å²) in [5, 5.41) is 3.96. The summed E-state index contributed by atoms with van der Waals surface area (Å²) in [6, 6.07) is 14.5. The maximum atomic E-state index is 14.2. The third kappa shape index (κ3) is 8.54. The second-order valence-corrected chi connectivity index (χ2v) is 13.5. The minimum absolute atomic E-state index is 0.0170. The van der Waals surface area contributed by atoms with Gasteiger partial charge >= 0.3 is 0 Å². The molecule has 0 radical (unpaired) electrons. The van der Waals surface area contributed by atoms with E-state index in [4.69, 9.17) is 46.4 Å². The number of hydrogen-bond donors (Lipinski definition) is 1. The first kappa shape index (κ1) is 34.0. The number of nitrogens with one attached hydrogen (secondary N) is 1. The minimum atomic E-state index is -4.26. The molecule has 0 spiro atoms. The molecule has 0 bridgehead atoms. The van der Waals surface area contributed by atoms with E-state index in [-0.39, 0.29) is 50.6 Å². The molecule has 3 aromatic carbocycles. The van der Waals surface area contributed by atoms with E-state index in [1.807, 2.05) is 20.8 Å². The number of amides is 2. The van der Waals surface area contributed by atoms with Crippen molar-refractivity contribution in [3.8, 4) is 0 Å². The molecule has 0 saturated carbocycles. The number of hydrogen-bond acceptors (Lipinski definition) is 4. The van der Waals surface area contributed by atoms with Crippen LogP contribution in [0.15, 0.2) is 65.6 Å². The number of benzene rings is 3. The third-order valence-corrected chi connectivity index (χ3v) is 9.71. The number of carbonyl (C=O) groups excluding carboxylic acids is 2. The van der Waals surface area contributed by atoms with Crippen LogP contribution < -0.4 is 9.62 Å². The molecule has 0 aliphatic rings. The fraction of sp³-hybridized carbons (Fsp3) is 0.333. The highest BCUT2D eigenvalue weighted by Gasteiger charge is 2.34. The van der Waals surface area contributed by atoms with E-state index in [9.17, 15) is 18.0 Å². The maximum absolute atomic E-state index is 14.2. The van der Waals surface area contributed by atoms with Gasteiger partial charge in [-0.05, 0) is 74.7 Å². The highest BCUT2D eigenvalue weighted by atomic mass is 35.5. The number of anilines is 1. The fourth-order valence-corrected chi connectivity index (χ4v) is 6.48. The first-order valence-electron chi connectivity index (χ1n) is 13.4. The van der Waals surface area contributed by atoms with Gasteiger partial charge in [-0.3, -0.25) is 13.9 Å². The molecule has 0 heterocycles. The third-order valence-electron chi connectivity index (χ3n) is 6.75.